The molecule has 0 N–H and O–H groups in total. The first-order chi connectivity index (χ1) is 8.92. The van der Waals surface area contributed by atoms with Crippen LogP contribution < -0.4 is 4.74 Å². The number of likely N-dealkylation sites (tertiary alicyclic amines) is 1. The first-order valence-electron chi connectivity index (χ1n) is 7.39. The van der Waals surface area contributed by atoms with Crippen LogP contribution in [0.3, 0.4) is 0 Å². The van der Waals surface area contributed by atoms with Gasteiger partial charge in [0.2, 0.25) is 0 Å². The quantitative estimate of drug-likeness (QED) is 0.808. The summed E-state index contributed by atoms with van der Waals surface area (Å²) in [6.45, 7) is 4.80. The second-order valence-corrected chi connectivity index (χ2v) is 5.55. The topological polar surface area (TPSA) is 12.5 Å². The number of rotatable bonds is 4. The third-order valence-electron chi connectivity index (χ3n) is 4.11. The van der Waals surface area contributed by atoms with Gasteiger partial charge in [-0.1, -0.05) is 12.1 Å². The Bertz CT molecular complexity index is 396. The Kier molecular flexibility index (Phi) is 3.84. The minimum atomic E-state index is 0.890. The Morgan fingerprint density at radius 2 is 2.00 bits per heavy atom. The minimum absolute atomic E-state index is 0.890. The van der Waals surface area contributed by atoms with Crippen molar-refractivity contribution in [2.75, 3.05) is 26.2 Å². The van der Waals surface area contributed by atoms with Crippen molar-refractivity contribution in [3.8, 4) is 5.75 Å². The second-order valence-electron chi connectivity index (χ2n) is 5.55. The van der Waals surface area contributed by atoms with E-state index in [4.69, 9.17) is 4.74 Å². The van der Waals surface area contributed by atoms with Crippen LogP contribution in [0.15, 0.2) is 18.2 Å². The maximum atomic E-state index is 5.66. The zero-order chi connectivity index (χ0) is 12.2. The Hall–Kier alpha value is -1.02. The summed E-state index contributed by atoms with van der Waals surface area (Å²) in [6.07, 6.45) is 7.66. The highest BCUT2D eigenvalue weighted by Gasteiger charge is 2.12. The summed E-state index contributed by atoms with van der Waals surface area (Å²) in [7, 11) is 0. The van der Waals surface area contributed by atoms with Gasteiger partial charge in [-0.05, 0) is 75.4 Å². The van der Waals surface area contributed by atoms with E-state index < -0.39 is 0 Å². The van der Waals surface area contributed by atoms with Gasteiger partial charge in [-0.25, -0.2) is 0 Å². The summed E-state index contributed by atoms with van der Waals surface area (Å²) in [5.41, 5.74) is 2.90. The second kappa shape index (κ2) is 5.75. The Labute approximate surface area is 110 Å². The van der Waals surface area contributed by atoms with Crippen molar-refractivity contribution in [1.82, 2.24) is 4.90 Å². The molecule has 1 saturated heterocycles. The third-order valence-corrected chi connectivity index (χ3v) is 4.11. The van der Waals surface area contributed by atoms with Crippen molar-refractivity contribution in [1.29, 1.82) is 0 Å². The fourth-order valence-corrected chi connectivity index (χ4v) is 3.08. The lowest BCUT2D eigenvalue weighted by Gasteiger charge is -2.18. The number of hydrogen-bond donors (Lipinski definition) is 0. The molecule has 1 aromatic carbocycles. The summed E-state index contributed by atoms with van der Waals surface area (Å²) in [5, 5.41) is 0. The van der Waals surface area contributed by atoms with E-state index in [9.17, 15) is 0 Å². The molecule has 0 saturated carbocycles. The van der Waals surface area contributed by atoms with Gasteiger partial charge < -0.3 is 9.64 Å². The number of ether oxygens (including phenoxy) is 1. The Balaban J connectivity index is 1.52. The lowest BCUT2D eigenvalue weighted by Crippen LogP contribution is -2.20. The molecule has 0 unspecified atom stereocenters. The molecule has 0 amide bonds. The molecule has 0 aromatic heterocycles. The van der Waals surface area contributed by atoms with E-state index in [1.54, 1.807) is 0 Å². The molecule has 1 aromatic rings. The first kappa shape index (κ1) is 12.0. The fraction of sp³-hybridized carbons (Fsp3) is 0.625. The number of aryl methyl sites for hydroxylation is 2. The van der Waals surface area contributed by atoms with Crippen LogP contribution in [0.25, 0.3) is 0 Å². The summed E-state index contributed by atoms with van der Waals surface area (Å²) < 4.78 is 5.66. The summed E-state index contributed by atoms with van der Waals surface area (Å²) >= 11 is 0. The maximum absolute atomic E-state index is 5.66. The van der Waals surface area contributed by atoms with Gasteiger partial charge in [-0.2, -0.15) is 0 Å². The highest BCUT2D eigenvalue weighted by atomic mass is 16.5. The fourth-order valence-electron chi connectivity index (χ4n) is 3.08. The Morgan fingerprint density at radius 1 is 1.11 bits per heavy atom. The van der Waals surface area contributed by atoms with E-state index >= 15 is 0 Å². The van der Waals surface area contributed by atoms with E-state index in [2.05, 4.69) is 23.1 Å². The molecule has 2 nitrogen and oxygen atoms in total. The molecular weight excluding hydrogens is 222 g/mol. The molecule has 0 spiro atoms. The van der Waals surface area contributed by atoms with Crippen molar-refractivity contribution in [2.24, 2.45) is 0 Å². The van der Waals surface area contributed by atoms with E-state index in [1.807, 2.05) is 0 Å². The molecule has 2 heterocycles. The van der Waals surface area contributed by atoms with Gasteiger partial charge in [0.05, 0.1) is 6.61 Å². The van der Waals surface area contributed by atoms with Gasteiger partial charge in [0.25, 0.3) is 0 Å². The molecule has 18 heavy (non-hydrogen) atoms. The average Bonchev–Trinajstić information content (AvgIpc) is 2.92. The van der Waals surface area contributed by atoms with E-state index in [-0.39, 0.29) is 0 Å². The highest BCUT2D eigenvalue weighted by Crippen LogP contribution is 2.26. The molecule has 0 atom stereocenters. The highest BCUT2D eigenvalue weighted by molar-refractivity contribution is 5.38. The minimum Gasteiger partial charge on any atom is -0.493 e. The van der Waals surface area contributed by atoms with Gasteiger partial charge in [0.15, 0.2) is 0 Å². The van der Waals surface area contributed by atoms with Gasteiger partial charge in [-0.3, -0.25) is 0 Å². The molecule has 0 bridgehead atoms. The summed E-state index contributed by atoms with van der Waals surface area (Å²) in [6, 6.07) is 6.77. The number of benzene rings is 1. The summed E-state index contributed by atoms with van der Waals surface area (Å²) in [5.74, 6) is 1.12. The largest absolute Gasteiger partial charge is 0.493 e. The SMILES string of the molecule is c1cc2c(cc1CCCN1CCCC1)CCCO2. The standard InChI is InChI=1S/C16H23NO/c1-2-10-17(9-1)11-3-5-14-7-8-16-15(13-14)6-4-12-18-16/h7-8,13H,1-6,9-12H2. The van der Waals surface area contributed by atoms with Crippen LogP contribution in [0.2, 0.25) is 0 Å². The van der Waals surface area contributed by atoms with Crippen molar-refractivity contribution in [3.63, 3.8) is 0 Å². The van der Waals surface area contributed by atoms with Gasteiger partial charge in [0.1, 0.15) is 5.75 Å². The van der Waals surface area contributed by atoms with Crippen LogP contribution in [0, 0.1) is 0 Å². The molecule has 0 aliphatic carbocycles. The predicted octanol–water partition coefficient (Wildman–Crippen LogP) is 3.04. The number of nitrogens with zero attached hydrogens (tertiary/aromatic N) is 1. The monoisotopic (exact) mass is 245 g/mol. The Morgan fingerprint density at radius 3 is 2.89 bits per heavy atom. The van der Waals surface area contributed by atoms with Crippen LogP contribution in [0.1, 0.15) is 36.8 Å². The smallest absolute Gasteiger partial charge is 0.122 e. The van der Waals surface area contributed by atoms with Crippen molar-refractivity contribution < 1.29 is 4.74 Å². The van der Waals surface area contributed by atoms with E-state index in [0.29, 0.717) is 0 Å². The van der Waals surface area contributed by atoms with Gasteiger partial charge in [0, 0.05) is 0 Å². The van der Waals surface area contributed by atoms with Crippen LogP contribution in [-0.2, 0) is 12.8 Å². The maximum Gasteiger partial charge on any atom is 0.122 e. The average molecular weight is 245 g/mol. The lowest BCUT2D eigenvalue weighted by atomic mass is 10.0. The van der Waals surface area contributed by atoms with Crippen molar-refractivity contribution in [2.45, 2.75) is 38.5 Å². The molecule has 2 aliphatic rings. The molecular formula is C16H23NO. The molecule has 2 heteroatoms. The predicted molar refractivity (Wildman–Crippen MR) is 74.3 cm³/mol. The van der Waals surface area contributed by atoms with E-state index in [1.165, 1.54) is 69.3 Å². The molecule has 1 fully saturated rings. The molecule has 2 aliphatic heterocycles. The normalized spacial score (nSPS) is 19.6. The van der Waals surface area contributed by atoms with Crippen LogP contribution in [-0.4, -0.2) is 31.1 Å². The number of fused-ring (bicyclic) bond motifs is 1. The molecule has 0 radical (unpaired) electrons. The van der Waals surface area contributed by atoms with Crippen molar-refractivity contribution >= 4 is 0 Å². The zero-order valence-corrected chi connectivity index (χ0v) is 11.2. The van der Waals surface area contributed by atoms with Crippen LogP contribution in [0.5, 0.6) is 5.75 Å². The third kappa shape index (κ3) is 2.86. The van der Waals surface area contributed by atoms with Gasteiger partial charge >= 0.3 is 0 Å². The van der Waals surface area contributed by atoms with Crippen molar-refractivity contribution in [3.05, 3.63) is 29.3 Å². The zero-order valence-electron chi connectivity index (χ0n) is 11.2. The molecule has 98 valence electrons. The lowest BCUT2D eigenvalue weighted by molar-refractivity contribution is 0.288. The van der Waals surface area contributed by atoms with E-state index in [0.717, 1.165) is 12.4 Å². The van der Waals surface area contributed by atoms with Gasteiger partial charge in [-0.15, -0.1) is 0 Å². The first-order valence-corrected chi connectivity index (χ1v) is 7.39. The number of hydrogen-bond acceptors (Lipinski definition) is 2. The summed E-state index contributed by atoms with van der Waals surface area (Å²) in [4.78, 5) is 2.60. The van der Waals surface area contributed by atoms with Crippen LogP contribution in [0.4, 0.5) is 0 Å². The van der Waals surface area contributed by atoms with Crippen LogP contribution >= 0.6 is 0 Å². The molecule has 3 rings (SSSR count).